The van der Waals surface area contributed by atoms with Crippen molar-refractivity contribution >= 4 is 5.91 Å². The van der Waals surface area contributed by atoms with Gasteiger partial charge in [0.1, 0.15) is 6.10 Å². The van der Waals surface area contributed by atoms with Crippen LogP contribution in [0.1, 0.15) is 57.9 Å². The van der Waals surface area contributed by atoms with Gasteiger partial charge in [0.25, 0.3) is 5.91 Å². The van der Waals surface area contributed by atoms with Crippen LogP contribution in [0.3, 0.4) is 0 Å². The topological polar surface area (TPSA) is 48.0 Å². The minimum Gasteiger partial charge on any atom is -0.493 e. The zero-order chi connectivity index (χ0) is 18.5. The molecule has 26 heavy (non-hydrogen) atoms. The van der Waals surface area contributed by atoms with Crippen molar-refractivity contribution in [3.8, 4) is 11.5 Å². The molecule has 5 heteroatoms. The van der Waals surface area contributed by atoms with Crippen molar-refractivity contribution in [3.05, 3.63) is 23.8 Å². The summed E-state index contributed by atoms with van der Waals surface area (Å²) >= 11 is 0. The summed E-state index contributed by atoms with van der Waals surface area (Å²) in [6.07, 6.45) is 6.19. The normalized spacial score (nSPS) is 20.5. The third-order valence-electron chi connectivity index (χ3n) is 5.20. The maximum absolute atomic E-state index is 13.1. The first kappa shape index (κ1) is 19.0. The molecule has 2 aliphatic rings. The van der Waals surface area contributed by atoms with E-state index in [0.29, 0.717) is 19.2 Å². The number of methoxy groups -OCH3 is 1. The van der Waals surface area contributed by atoms with Crippen LogP contribution in [0.5, 0.6) is 11.5 Å². The van der Waals surface area contributed by atoms with Gasteiger partial charge in [-0.2, -0.15) is 0 Å². The van der Waals surface area contributed by atoms with Gasteiger partial charge in [0, 0.05) is 19.2 Å². The van der Waals surface area contributed by atoms with Gasteiger partial charge in [-0.05, 0) is 57.2 Å². The fraction of sp³-hybridized carbons (Fsp3) is 0.667. The molecule has 1 heterocycles. The van der Waals surface area contributed by atoms with Gasteiger partial charge in [-0.25, -0.2) is 0 Å². The molecule has 1 aromatic rings. The third-order valence-corrected chi connectivity index (χ3v) is 5.20. The van der Waals surface area contributed by atoms with Crippen LogP contribution in [0.25, 0.3) is 0 Å². The first-order valence-corrected chi connectivity index (χ1v) is 9.84. The summed E-state index contributed by atoms with van der Waals surface area (Å²) in [6, 6.07) is 6.28. The fourth-order valence-corrected chi connectivity index (χ4v) is 3.92. The van der Waals surface area contributed by atoms with Crippen LogP contribution in [0.2, 0.25) is 0 Å². The lowest BCUT2D eigenvalue weighted by Crippen LogP contribution is -2.44. The predicted octanol–water partition coefficient (Wildman–Crippen LogP) is 3.93. The highest BCUT2D eigenvalue weighted by Gasteiger charge is 2.33. The molecule has 3 rings (SSSR count). The number of nitrogens with zero attached hydrogens (tertiary/aromatic N) is 1. The van der Waals surface area contributed by atoms with Crippen molar-refractivity contribution < 1.29 is 19.0 Å². The average Bonchev–Trinajstić information content (AvgIpc) is 3.32. The highest BCUT2D eigenvalue weighted by molar-refractivity contribution is 5.81. The Bertz CT molecular complexity index is 604. The van der Waals surface area contributed by atoms with Crippen LogP contribution < -0.4 is 9.47 Å². The molecule has 1 saturated heterocycles. The lowest BCUT2D eigenvalue weighted by atomic mass is 10.1. The first-order chi connectivity index (χ1) is 12.6. The van der Waals surface area contributed by atoms with E-state index in [1.54, 1.807) is 7.11 Å². The third kappa shape index (κ3) is 4.50. The quantitative estimate of drug-likeness (QED) is 0.738. The van der Waals surface area contributed by atoms with Crippen LogP contribution in [0.4, 0.5) is 0 Å². The Morgan fingerprint density at radius 3 is 2.58 bits per heavy atom. The lowest BCUT2D eigenvalue weighted by molar-refractivity contribution is -0.144. The van der Waals surface area contributed by atoms with E-state index >= 15 is 0 Å². The monoisotopic (exact) mass is 361 g/mol. The molecule has 0 unspecified atom stereocenters. The van der Waals surface area contributed by atoms with E-state index in [9.17, 15) is 4.79 Å². The number of amides is 1. The zero-order valence-electron chi connectivity index (χ0n) is 16.2. The van der Waals surface area contributed by atoms with Crippen LogP contribution in [-0.2, 0) is 16.1 Å². The number of hydrogen-bond donors (Lipinski definition) is 0. The van der Waals surface area contributed by atoms with Gasteiger partial charge >= 0.3 is 0 Å². The minimum absolute atomic E-state index is 0.0682. The molecular weight excluding hydrogens is 330 g/mol. The summed E-state index contributed by atoms with van der Waals surface area (Å²) in [4.78, 5) is 15.1. The van der Waals surface area contributed by atoms with Gasteiger partial charge in [-0.3, -0.25) is 4.79 Å². The van der Waals surface area contributed by atoms with Crippen molar-refractivity contribution in [2.75, 3.05) is 13.7 Å². The van der Waals surface area contributed by atoms with E-state index in [4.69, 9.17) is 14.2 Å². The molecule has 1 atom stereocenters. The van der Waals surface area contributed by atoms with Gasteiger partial charge in [-0.15, -0.1) is 0 Å². The van der Waals surface area contributed by atoms with E-state index in [0.717, 1.165) is 42.7 Å². The van der Waals surface area contributed by atoms with E-state index in [1.807, 2.05) is 36.9 Å². The summed E-state index contributed by atoms with van der Waals surface area (Å²) in [7, 11) is 1.65. The molecule has 0 aromatic heterocycles. The highest BCUT2D eigenvalue weighted by atomic mass is 16.5. The van der Waals surface area contributed by atoms with Crippen molar-refractivity contribution in [1.29, 1.82) is 0 Å². The van der Waals surface area contributed by atoms with Gasteiger partial charge in [0.15, 0.2) is 11.5 Å². The highest BCUT2D eigenvalue weighted by Crippen LogP contribution is 2.32. The summed E-state index contributed by atoms with van der Waals surface area (Å²) < 4.78 is 17.0. The molecular formula is C21H31NO4. The molecule has 1 amide bonds. The smallest absolute Gasteiger partial charge is 0.252 e. The Labute approximate surface area is 156 Å². The number of ether oxygens (including phenoxy) is 3. The van der Waals surface area contributed by atoms with Crippen LogP contribution in [0, 0.1) is 0 Å². The maximum atomic E-state index is 13.1. The predicted molar refractivity (Wildman–Crippen MR) is 101 cm³/mol. The molecule has 5 nitrogen and oxygen atoms in total. The number of carbonyl (C=O) groups is 1. The zero-order valence-corrected chi connectivity index (χ0v) is 16.2. The molecule has 144 valence electrons. The maximum Gasteiger partial charge on any atom is 0.252 e. The molecule has 1 aromatic carbocycles. The average molecular weight is 361 g/mol. The van der Waals surface area contributed by atoms with Crippen molar-refractivity contribution in [2.45, 2.75) is 77.2 Å². The molecule has 0 N–H and O–H groups in total. The van der Waals surface area contributed by atoms with Gasteiger partial charge in [-0.1, -0.05) is 18.9 Å². The summed E-state index contributed by atoms with van der Waals surface area (Å²) in [5.41, 5.74) is 1.07. The van der Waals surface area contributed by atoms with Crippen molar-refractivity contribution in [3.63, 3.8) is 0 Å². The summed E-state index contributed by atoms with van der Waals surface area (Å²) in [5.74, 6) is 1.60. The largest absolute Gasteiger partial charge is 0.493 e. The first-order valence-electron chi connectivity index (χ1n) is 9.84. The van der Waals surface area contributed by atoms with Gasteiger partial charge in [0.05, 0.1) is 13.2 Å². The molecule has 0 radical (unpaired) electrons. The molecule has 1 aliphatic carbocycles. The SMILES string of the molecule is COc1ccc(CN(C(=O)[C@H]2CCCO2)C2CCCC2)cc1OC(C)C. The second-order valence-electron chi connectivity index (χ2n) is 7.56. The number of carbonyl (C=O) groups excluding carboxylic acids is 1. The fourth-order valence-electron chi connectivity index (χ4n) is 3.92. The van der Waals surface area contributed by atoms with Crippen LogP contribution >= 0.6 is 0 Å². The summed E-state index contributed by atoms with van der Waals surface area (Å²) in [6.45, 7) is 5.29. The number of benzene rings is 1. The van der Waals surface area contributed by atoms with E-state index in [-0.39, 0.29) is 18.1 Å². The minimum atomic E-state index is -0.264. The standard InChI is InChI=1S/C21H31NO4/c1-15(2)26-20-13-16(10-11-18(20)24-3)14-22(17-7-4-5-8-17)21(23)19-9-6-12-25-19/h10-11,13,15,17,19H,4-9,12,14H2,1-3H3/t19-/m1/s1. The Hall–Kier alpha value is -1.75. The molecule has 1 saturated carbocycles. The van der Waals surface area contributed by atoms with Crippen molar-refractivity contribution in [1.82, 2.24) is 4.90 Å². The van der Waals surface area contributed by atoms with Crippen molar-refractivity contribution in [2.24, 2.45) is 0 Å². The summed E-state index contributed by atoms with van der Waals surface area (Å²) in [5, 5.41) is 0. The van der Waals surface area contributed by atoms with Gasteiger partial charge < -0.3 is 19.1 Å². The molecule has 0 spiro atoms. The molecule has 2 fully saturated rings. The number of hydrogen-bond acceptors (Lipinski definition) is 4. The number of rotatable bonds is 7. The van der Waals surface area contributed by atoms with E-state index in [1.165, 1.54) is 12.8 Å². The second-order valence-corrected chi connectivity index (χ2v) is 7.56. The Balaban J connectivity index is 1.80. The van der Waals surface area contributed by atoms with Crippen LogP contribution in [0.15, 0.2) is 18.2 Å². The molecule has 0 bridgehead atoms. The van der Waals surface area contributed by atoms with Gasteiger partial charge in [0.2, 0.25) is 0 Å². The lowest BCUT2D eigenvalue weighted by Gasteiger charge is -2.31. The Kier molecular flexibility index (Phi) is 6.41. The second kappa shape index (κ2) is 8.76. The van der Waals surface area contributed by atoms with E-state index in [2.05, 4.69) is 0 Å². The molecule has 1 aliphatic heterocycles. The van der Waals surface area contributed by atoms with E-state index < -0.39 is 0 Å². The Morgan fingerprint density at radius 2 is 1.96 bits per heavy atom. The Morgan fingerprint density at radius 1 is 1.19 bits per heavy atom. The van der Waals surface area contributed by atoms with Crippen LogP contribution in [-0.4, -0.2) is 42.8 Å².